The van der Waals surface area contributed by atoms with Crippen molar-refractivity contribution in [2.24, 2.45) is 0 Å². The second kappa shape index (κ2) is 16.7. The van der Waals surface area contributed by atoms with Gasteiger partial charge < -0.3 is 9.84 Å². The van der Waals surface area contributed by atoms with Crippen molar-refractivity contribution in [2.45, 2.75) is 110 Å². The Bertz CT molecular complexity index is 696. The maximum Gasteiger partial charge on any atom is 0.119 e. The van der Waals surface area contributed by atoms with E-state index < -0.39 is 0 Å². The quantitative estimate of drug-likeness (QED) is 0.238. The standard InChI is InChI=1S/C29H45NO2/c1-3-5-7-9-10-11-13-23-32-28-20-17-26(18-21-28)29-22-16-25(24-30-29)15-19-27(31)14-12-8-6-4-2/h16-18,20-22,24,27,31H,3-15,19,23H2,1-2H3. The van der Waals surface area contributed by atoms with Crippen LogP contribution in [-0.4, -0.2) is 22.8 Å². The van der Waals surface area contributed by atoms with Crippen LogP contribution in [0.15, 0.2) is 42.6 Å². The van der Waals surface area contributed by atoms with Crippen LogP contribution in [0.5, 0.6) is 5.75 Å². The highest BCUT2D eigenvalue weighted by atomic mass is 16.5. The van der Waals surface area contributed by atoms with Gasteiger partial charge in [-0.1, -0.05) is 84.1 Å². The van der Waals surface area contributed by atoms with E-state index >= 15 is 0 Å². The van der Waals surface area contributed by atoms with E-state index in [0.717, 1.165) is 55.7 Å². The van der Waals surface area contributed by atoms with Gasteiger partial charge in [-0.2, -0.15) is 0 Å². The van der Waals surface area contributed by atoms with E-state index in [0.29, 0.717) is 0 Å². The van der Waals surface area contributed by atoms with Crippen LogP contribution in [-0.2, 0) is 6.42 Å². The Hall–Kier alpha value is -1.87. The molecule has 0 fully saturated rings. The lowest BCUT2D eigenvalue weighted by Crippen LogP contribution is -2.07. The molecule has 0 saturated heterocycles. The molecular weight excluding hydrogens is 394 g/mol. The third kappa shape index (κ3) is 11.1. The van der Waals surface area contributed by atoms with Gasteiger partial charge in [-0.15, -0.1) is 0 Å². The van der Waals surface area contributed by atoms with Crippen molar-refractivity contribution in [2.75, 3.05) is 6.61 Å². The smallest absolute Gasteiger partial charge is 0.119 e. The Morgan fingerprint density at radius 2 is 1.41 bits per heavy atom. The van der Waals surface area contributed by atoms with Crippen LogP contribution in [0, 0.1) is 0 Å². The zero-order valence-corrected chi connectivity index (χ0v) is 20.5. The molecule has 0 saturated carbocycles. The zero-order chi connectivity index (χ0) is 22.9. The number of nitrogens with zero attached hydrogens (tertiary/aromatic N) is 1. The van der Waals surface area contributed by atoms with E-state index in [1.807, 2.05) is 18.3 Å². The molecule has 2 aromatic rings. The molecule has 3 heteroatoms. The number of pyridine rings is 1. The van der Waals surface area contributed by atoms with Gasteiger partial charge in [0.05, 0.1) is 18.4 Å². The second-order valence-corrected chi connectivity index (χ2v) is 9.09. The minimum absolute atomic E-state index is 0.194. The number of rotatable bonds is 18. The number of benzene rings is 1. The average molecular weight is 440 g/mol. The Morgan fingerprint density at radius 1 is 0.750 bits per heavy atom. The van der Waals surface area contributed by atoms with Crippen molar-refractivity contribution >= 4 is 0 Å². The van der Waals surface area contributed by atoms with Crippen molar-refractivity contribution in [3.63, 3.8) is 0 Å². The van der Waals surface area contributed by atoms with Gasteiger partial charge in [-0.25, -0.2) is 0 Å². The summed E-state index contributed by atoms with van der Waals surface area (Å²) < 4.78 is 5.90. The van der Waals surface area contributed by atoms with Crippen LogP contribution >= 0.6 is 0 Å². The number of aliphatic hydroxyl groups excluding tert-OH is 1. The highest BCUT2D eigenvalue weighted by Gasteiger charge is 2.06. The lowest BCUT2D eigenvalue weighted by atomic mass is 10.0. The van der Waals surface area contributed by atoms with Crippen molar-refractivity contribution < 1.29 is 9.84 Å². The summed E-state index contributed by atoms with van der Waals surface area (Å²) in [5.74, 6) is 0.935. The van der Waals surface area contributed by atoms with Crippen molar-refractivity contribution in [1.82, 2.24) is 4.98 Å². The average Bonchev–Trinajstić information content (AvgIpc) is 2.83. The van der Waals surface area contributed by atoms with Gasteiger partial charge >= 0.3 is 0 Å². The Balaban J connectivity index is 1.67. The third-order valence-electron chi connectivity index (χ3n) is 6.15. The first-order chi connectivity index (χ1) is 15.7. The van der Waals surface area contributed by atoms with Gasteiger partial charge in [0, 0.05) is 11.8 Å². The van der Waals surface area contributed by atoms with E-state index in [1.54, 1.807) is 0 Å². The molecule has 2 rings (SSSR count). The normalized spacial score (nSPS) is 12.1. The summed E-state index contributed by atoms with van der Waals surface area (Å²) in [4.78, 5) is 4.64. The highest BCUT2D eigenvalue weighted by Crippen LogP contribution is 2.22. The minimum Gasteiger partial charge on any atom is -0.494 e. The number of ether oxygens (including phenoxy) is 1. The fourth-order valence-corrected chi connectivity index (χ4v) is 4.00. The number of hydrogen-bond acceptors (Lipinski definition) is 3. The summed E-state index contributed by atoms with van der Waals surface area (Å²) in [6, 6.07) is 12.5. The van der Waals surface area contributed by atoms with Gasteiger partial charge in [0.1, 0.15) is 5.75 Å². The summed E-state index contributed by atoms with van der Waals surface area (Å²) in [7, 11) is 0. The molecule has 0 aliphatic heterocycles. The lowest BCUT2D eigenvalue weighted by molar-refractivity contribution is 0.151. The summed E-state index contributed by atoms with van der Waals surface area (Å²) in [5, 5.41) is 10.2. The van der Waals surface area contributed by atoms with Crippen molar-refractivity contribution in [1.29, 1.82) is 0 Å². The van der Waals surface area contributed by atoms with Crippen LogP contribution in [0.1, 0.15) is 103 Å². The summed E-state index contributed by atoms with van der Waals surface area (Å²) in [5.41, 5.74) is 3.28. The van der Waals surface area contributed by atoms with E-state index in [4.69, 9.17) is 4.74 Å². The Labute approximate surface area is 196 Å². The topological polar surface area (TPSA) is 42.4 Å². The van der Waals surface area contributed by atoms with E-state index in [9.17, 15) is 5.11 Å². The zero-order valence-electron chi connectivity index (χ0n) is 20.5. The predicted octanol–water partition coefficient (Wildman–Crippen LogP) is 8.14. The number of aliphatic hydroxyl groups is 1. The number of aryl methyl sites for hydroxylation is 1. The number of hydrogen-bond donors (Lipinski definition) is 1. The maximum atomic E-state index is 10.2. The molecule has 1 heterocycles. The van der Waals surface area contributed by atoms with Gasteiger partial charge in [-0.05, 0) is 61.6 Å². The van der Waals surface area contributed by atoms with Crippen LogP contribution < -0.4 is 4.74 Å². The predicted molar refractivity (Wildman–Crippen MR) is 136 cm³/mol. The first-order valence-electron chi connectivity index (χ1n) is 13.1. The molecule has 1 atom stereocenters. The second-order valence-electron chi connectivity index (χ2n) is 9.09. The first kappa shape index (κ1) is 26.4. The minimum atomic E-state index is -0.194. The summed E-state index contributed by atoms with van der Waals surface area (Å²) >= 11 is 0. The molecule has 3 nitrogen and oxygen atoms in total. The Morgan fingerprint density at radius 3 is 2.06 bits per heavy atom. The Kier molecular flexibility index (Phi) is 13.8. The van der Waals surface area contributed by atoms with Crippen molar-refractivity contribution in [3.05, 3.63) is 48.2 Å². The fourth-order valence-electron chi connectivity index (χ4n) is 4.00. The van der Waals surface area contributed by atoms with Crippen LogP contribution in [0.4, 0.5) is 0 Å². The van der Waals surface area contributed by atoms with E-state index in [-0.39, 0.29) is 6.10 Å². The molecule has 0 aliphatic carbocycles. The summed E-state index contributed by atoms with van der Waals surface area (Å²) in [6.07, 6.45) is 18.3. The molecule has 0 amide bonds. The van der Waals surface area contributed by atoms with Crippen LogP contribution in [0.25, 0.3) is 11.3 Å². The van der Waals surface area contributed by atoms with Gasteiger partial charge in [0.2, 0.25) is 0 Å². The SMILES string of the molecule is CCCCCCCCCOc1ccc(-c2ccc(CCC(O)CCCCCC)cn2)cc1. The molecule has 1 unspecified atom stereocenters. The van der Waals surface area contributed by atoms with E-state index in [2.05, 4.69) is 43.1 Å². The number of aromatic nitrogens is 1. The monoisotopic (exact) mass is 439 g/mol. The molecule has 1 N–H and O–H groups in total. The fraction of sp³-hybridized carbons (Fsp3) is 0.621. The molecule has 0 bridgehead atoms. The molecule has 0 spiro atoms. The van der Waals surface area contributed by atoms with Crippen LogP contribution in [0.2, 0.25) is 0 Å². The molecule has 1 aromatic carbocycles. The molecule has 0 aliphatic rings. The van der Waals surface area contributed by atoms with Gasteiger partial charge in [-0.3, -0.25) is 4.98 Å². The molecule has 32 heavy (non-hydrogen) atoms. The molecule has 1 aromatic heterocycles. The summed E-state index contributed by atoms with van der Waals surface area (Å²) in [6.45, 7) is 5.27. The molecule has 178 valence electrons. The van der Waals surface area contributed by atoms with Gasteiger partial charge in [0.15, 0.2) is 0 Å². The lowest BCUT2D eigenvalue weighted by Gasteiger charge is -2.10. The van der Waals surface area contributed by atoms with Crippen molar-refractivity contribution in [3.8, 4) is 17.0 Å². The molecular formula is C29H45NO2. The van der Waals surface area contributed by atoms with Gasteiger partial charge in [0.25, 0.3) is 0 Å². The highest BCUT2D eigenvalue weighted by molar-refractivity contribution is 5.60. The van der Waals surface area contributed by atoms with E-state index in [1.165, 1.54) is 63.4 Å². The third-order valence-corrected chi connectivity index (χ3v) is 6.15. The first-order valence-corrected chi connectivity index (χ1v) is 13.1. The maximum absolute atomic E-state index is 10.2. The van der Waals surface area contributed by atoms with Crippen LogP contribution in [0.3, 0.4) is 0 Å². The molecule has 0 radical (unpaired) electrons. The number of unbranched alkanes of at least 4 members (excludes halogenated alkanes) is 9. The largest absolute Gasteiger partial charge is 0.494 e.